The summed E-state index contributed by atoms with van der Waals surface area (Å²) in [7, 11) is 1.73. The van der Waals surface area contributed by atoms with E-state index in [-0.39, 0.29) is 0 Å². The quantitative estimate of drug-likeness (QED) is 0.355. The summed E-state index contributed by atoms with van der Waals surface area (Å²) in [5.74, 6) is -1.11. The van der Waals surface area contributed by atoms with Crippen molar-refractivity contribution in [3.8, 4) is 0 Å². The summed E-state index contributed by atoms with van der Waals surface area (Å²) in [4.78, 5) is 10.4. The number of methoxy groups -OCH3 is 1. The van der Waals surface area contributed by atoms with Crippen molar-refractivity contribution in [2.45, 2.75) is 76.7 Å². The molecule has 0 amide bonds. The fourth-order valence-corrected chi connectivity index (χ4v) is 2.19. The van der Waals surface area contributed by atoms with Crippen LogP contribution in [0.3, 0.4) is 0 Å². The van der Waals surface area contributed by atoms with Crippen LogP contribution in [0.5, 0.6) is 0 Å². The first kappa shape index (κ1) is 20.1. The Bertz CT molecular complexity index is 264. The fraction of sp³-hybridized carbons (Fsp3) is 0.824. The largest absolute Gasteiger partial charge is 0.479 e. The number of aliphatic hydroxyl groups excluding tert-OH is 1. The van der Waals surface area contributed by atoms with Gasteiger partial charge in [0.2, 0.25) is 0 Å². The number of hydrogen-bond donors (Lipinski definition) is 2. The minimum Gasteiger partial charge on any atom is -0.479 e. The van der Waals surface area contributed by atoms with E-state index in [1.54, 1.807) is 7.11 Å². The molecule has 0 saturated heterocycles. The van der Waals surface area contributed by atoms with Crippen LogP contribution in [0, 0.1) is 0 Å². The van der Waals surface area contributed by atoms with Crippen molar-refractivity contribution >= 4 is 5.97 Å². The number of carboxylic acid groups (broad SMARTS) is 1. The molecule has 1 unspecified atom stereocenters. The third-order valence-corrected chi connectivity index (χ3v) is 3.52. The molecular weight excluding hydrogens is 268 g/mol. The van der Waals surface area contributed by atoms with Gasteiger partial charge in [-0.05, 0) is 32.1 Å². The van der Waals surface area contributed by atoms with Crippen LogP contribution in [0.2, 0.25) is 0 Å². The van der Waals surface area contributed by atoms with Gasteiger partial charge in [0.15, 0.2) is 6.10 Å². The van der Waals surface area contributed by atoms with Gasteiger partial charge in [-0.3, -0.25) is 0 Å². The molecular formula is C17H32O4. The van der Waals surface area contributed by atoms with Crippen molar-refractivity contribution in [1.29, 1.82) is 0 Å². The molecule has 0 heterocycles. The maximum Gasteiger partial charge on any atom is 0.332 e. The molecule has 0 aliphatic rings. The fourth-order valence-electron chi connectivity index (χ4n) is 2.19. The molecule has 0 bridgehead atoms. The number of hydrogen-bond acceptors (Lipinski definition) is 3. The van der Waals surface area contributed by atoms with E-state index in [4.69, 9.17) is 14.9 Å². The van der Waals surface area contributed by atoms with Crippen molar-refractivity contribution < 1.29 is 19.7 Å². The molecule has 0 aromatic carbocycles. The summed E-state index contributed by atoms with van der Waals surface area (Å²) < 4.78 is 4.99. The molecule has 2 N–H and O–H groups in total. The number of carboxylic acids is 1. The third-order valence-electron chi connectivity index (χ3n) is 3.52. The second-order valence-electron chi connectivity index (χ2n) is 5.51. The first-order chi connectivity index (χ1) is 10.2. The minimum absolute atomic E-state index is 0.378. The third kappa shape index (κ3) is 15.3. The van der Waals surface area contributed by atoms with Crippen LogP contribution >= 0.6 is 0 Å². The Kier molecular flexibility index (Phi) is 14.9. The summed E-state index contributed by atoms with van der Waals surface area (Å²) in [6.07, 6.45) is 15.0. The van der Waals surface area contributed by atoms with Crippen molar-refractivity contribution in [2.24, 2.45) is 0 Å². The Balaban J connectivity index is 3.14. The van der Waals surface area contributed by atoms with Gasteiger partial charge in [-0.15, -0.1) is 0 Å². The lowest BCUT2D eigenvalue weighted by Gasteiger charge is -2.04. The highest BCUT2D eigenvalue weighted by molar-refractivity contribution is 5.71. The molecule has 0 rings (SSSR count). The normalized spacial score (nSPS) is 12.9. The van der Waals surface area contributed by atoms with Crippen LogP contribution in [0.25, 0.3) is 0 Å². The van der Waals surface area contributed by atoms with Crippen molar-refractivity contribution in [3.63, 3.8) is 0 Å². The zero-order chi connectivity index (χ0) is 15.8. The second-order valence-corrected chi connectivity index (χ2v) is 5.51. The van der Waals surface area contributed by atoms with Gasteiger partial charge in [-0.1, -0.05) is 50.7 Å². The van der Waals surface area contributed by atoms with Gasteiger partial charge >= 0.3 is 5.97 Å². The number of carbonyl (C=O) groups is 1. The predicted molar refractivity (Wildman–Crippen MR) is 85.4 cm³/mol. The topological polar surface area (TPSA) is 66.8 Å². The van der Waals surface area contributed by atoms with Crippen LogP contribution in [0.1, 0.15) is 70.6 Å². The molecule has 0 aliphatic heterocycles. The zero-order valence-corrected chi connectivity index (χ0v) is 13.4. The summed E-state index contributed by atoms with van der Waals surface area (Å²) in [5, 5.41) is 17.6. The number of aliphatic carboxylic acids is 1. The first-order valence-corrected chi connectivity index (χ1v) is 8.23. The van der Waals surface area contributed by atoms with Crippen LogP contribution in [0.15, 0.2) is 12.2 Å². The SMILES string of the molecule is COCCCC=CCCCCCCCCCC(O)C(=O)O. The molecule has 124 valence electrons. The molecule has 4 nitrogen and oxygen atoms in total. The second kappa shape index (κ2) is 15.5. The Labute approximate surface area is 129 Å². The van der Waals surface area contributed by atoms with Gasteiger partial charge in [0.1, 0.15) is 0 Å². The highest BCUT2D eigenvalue weighted by Crippen LogP contribution is 2.11. The van der Waals surface area contributed by atoms with Gasteiger partial charge in [-0.2, -0.15) is 0 Å². The number of aliphatic hydroxyl groups is 1. The lowest BCUT2D eigenvalue weighted by Crippen LogP contribution is -2.18. The Morgan fingerprint density at radius 1 is 0.952 bits per heavy atom. The number of allylic oxidation sites excluding steroid dienone is 2. The molecule has 0 radical (unpaired) electrons. The minimum atomic E-state index is -1.18. The van der Waals surface area contributed by atoms with E-state index >= 15 is 0 Å². The van der Waals surface area contributed by atoms with Crippen LogP contribution in [0.4, 0.5) is 0 Å². The van der Waals surface area contributed by atoms with Crippen LogP contribution < -0.4 is 0 Å². The number of rotatable bonds is 15. The van der Waals surface area contributed by atoms with Gasteiger partial charge in [0.05, 0.1) is 0 Å². The van der Waals surface area contributed by atoms with Gasteiger partial charge in [0, 0.05) is 13.7 Å². The molecule has 4 heteroatoms. The van der Waals surface area contributed by atoms with Gasteiger partial charge < -0.3 is 14.9 Å². The summed E-state index contributed by atoms with van der Waals surface area (Å²) >= 11 is 0. The number of unbranched alkanes of at least 4 members (excludes halogenated alkanes) is 8. The van der Waals surface area contributed by atoms with E-state index in [0.717, 1.165) is 45.1 Å². The molecule has 0 spiro atoms. The monoisotopic (exact) mass is 300 g/mol. The van der Waals surface area contributed by atoms with Crippen molar-refractivity contribution in [1.82, 2.24) is 0 Å². The van der Waals surface area contributed by atoms with E-state index in [9.17, 15) is 4.79 Å². The highest BCUT2D eigenvalue weighted by Gasteiger charge is 2.11. The maximum atomic E-state index is 10.4. The Hall–Kier alpha value is -0.870. The van der Waals surface area contributed by atoms with E-state index < -0.39 is 12.1 Å². The molecule has 0 saturated carbocycles. The standard InChI is InChI=1S/C17H32O4/c1-21-15-13-11-9-7-5-3-2-4-6-8-10-12-14-16(18)17(19)20/h7,9,16,18H,2-6,8,10-15H2,1H3,(H,19,20). The van der Waals surface area contributed by atoms with E-state index in [0.29, 0.717) is 6.42 Å². The Morgan fingerprint density at radius 2 is 1.48 bits per heavy atom. The first-order valence-electron chi connectivity index (χ1n) is 8.23. The van der Waals surface area contributed by atoms with Crippen LogP contribution in [-0.2, 0) is 9.53 Å². The average molecular weight is 300 g/mol. The van der Waals surface area contributed by atoms with Gasteiger partial charge in [0.25, 0.3) is 0 Å². The molecule has 1 atom stereocenters. The van der Waals surface area contributed by atoms with E-state index in [2.05, 4.69) is 12.2 Å². The predicted octanol–water partition coefficient (Wildman–Crippen LogP) is 3.93. The average Bonchev–Trinajstić information content (AvgIpc) is 2.47. The highest BCUT2D eigenvalue weighted by atomic mass is 16.5. The van der Waals surface area contributed by atoms with Crippen LogP contribution in [-0.4, -0.2) is 36.0 Å². The van der Waals surface area contributed by atoms with Crippen molar-refractivity contribution in [3.05, 3.63) is 12.2 Å². The molecule has 21 heavy (non-hydrogen) atoms. The van der Waals surface area contributed by atoms with E-state index in [1.807, 2.05) is 0 Å². The Morgan fingerprint density at radius 3 is 2.05 bits per heavy atom. The van der Waals surface area contributed by atoms with Gasteiger partial charge in [-0.25, -0.2) is 4.79 Å². The maximum absolute atomic E-state index is 10.4. The molecule has 0 fully saturated rings. The molecule has 0 aromatic rings. The van der Waals surface area contributed by atoms with E-state index in [1.165, 1.54) is 25.7 Å². The summed E-state index contributed by atoms with van der Waals surface area (Å²) in [6.45, 7) is 0.841. The van der Waals surface area contributed by atoms with Crippen molar-refractivity contribution in [2.75, 3.05) is 13.7 Å². The summed E-state index contributed by atoms with van der Waals surface area (Å²) in [6, 6.07) is 0. The summed E-state index contributed by atoms with van der Waals surface area (Å²) in [5.41, 5.74) is 0. The lowest BCUT2D eigenvalue weighted by molar-refractivity contribution is -0.146. The number of ether oxygens (including phenoxy) is 1. The zero-order valence-electron chi connectivity index (χ0n) is 13.4. The molecule has 0 aromatic heterocycles. The lowest BCUT2D eigenvalue weighted by atomic mass is 10.1. The molecule has 0 aliphatic carbocycles. The smallest absolute Gasteiger partial charge is 0.332 e.